The van der Waals surface area contributed by atoms with Crippen LogP contribution in [0.5, 0.6) is 0 Å². The van der Waals surface area contributed by atoms with Crippen molar-refractivity contribution in [3.63, 3.8) is 0 Å². The highest BCUT2D eigenvalue weighted by Crippen LogP contribution is 2.18. The van der Waals surface area contributed by atoms with E-state index >= 15 is 0 Å². The van der Waals surface area contributed by atoms with Crippen LogP contribution < -0.4 is 10.0 Å². The highest BCUT2D eigenvalue weighted by molar-refractivity contribution is 7.89. The van der Waals surface area contributed by atoms with E-state index in [0.717, 1.165) is 31.1 Å². The SMILES string of the molecule is C#CCNS(=O)(=O)c1cccc(C(=O)NCc2cccc(CN3CCC(C)CC3)c2)c1. The number of nitrogens with one attached hydrogen (secondary N) is 2. The minimum atomic E-state index is -3.75. The molecule has 0 radical (unpaired) electrons. The number of hydrogen-bond donors (Lipinski definition) is 2. The molecule has 3 rings (SSSR count). The fourth-order valence-electron chi connectivity index (χ4n) is 3.63. The first-order chi connectivity index (χ1) is 14.9. The Morgan fingerprint density at radius 3 is 2.58 bits per heavy atom. The molecule has 0 saturated carbocycles. The van der Waals surface area contributed by atoms with Crippen LogP contribution in [-0.2, 0) is 23.1 Å². The van der Waals surface area contributed by atoms with Gasteiger partial charge in [-0.2, -0.15) is 4.72 Å². The molecule has 2 aromatic rings. The summed E-state index contributed by atoms with van der Waals surface area (Å²) in [7, 11) is -3.75. The normalized spacial score (nSPS) is 15.4. The molecule has 2 N–H and O–H groups in total. The van der Waals surface area contributed by atoms with E-state index in [1.165, 1.54) is 30.5 Å². The lowest BCUT2D eigenvalue weighted by Crippen LogP contribution is -2.32. The van der Waals surface area contributed by atoms with Crippen molar-refractivity contribution in [3.8, 4) is 12.3 Å². The minimum Gasteiger partial charge on any atom is -0.348 e. The second kappa shape index (κ2) is 10.6. The monoisotopic (exact) mass is 439 g/mol. The number of amides is 1. The first kappa shape index (κ1) is 23.0. The first-order valence-corrected chi connectivity index (χ1v) is 12.0. The third-order valence-corrected chi connectivity index (χ3v) is 6.90. The predicted molar refractivity (Wildman–Crippen MR) is 122 cm³/mol. The van der Waals surface area contributed by atoms with Crippen molar-refractivity contribution in [1.82, 2.24) is 14.9 Å². The Labute approximate surface area is 185 Å². The van der Waals surface area contributed by atoms with Gasteiger partial charge >= 0.3 is 0 Å². The number of hydrogen-bond acceptors (Lipinski definition) is 4. The van der Waals surface area contributed by atoms with E-state index in [0.29, 0.717) is 6.54 Å². The number of piperidine rings is 1. The number of carbonyl (C=O) groups excluding carboxylic acids is 1. The summed E-state index contributed by atoms with van der Waals surface area (Å²) in [5.41, 5.74) is 2.52. The van der Waals surface area contributed by atoms with Crippen LogP contribution in [0.1, 0.15) is 41.3 Å². The second-order valence-electron chi connectivity index (χ2n) is 8.02. The zero-order valence-corrected chi connectivity index (χ0v) is 18.6. The topological polar surface area (TPSA) is 78.5 Å². The zero-order valence-electron chi connectivity index (χ0n) is 17.8. The summed E-state index contributed by atoms with van der Waals surface area (Å²) >= 11 is 0. The number of sulfonamides is 1. The first-order valence-electron chi connectivity index (χ1n) is 10.5. The predicted octanol–water partition coefficient (Wildman–Crippen LogP) is 2.76. The Kier molecular flexibility index (Phi) is 7.85. The third kappa shape index (κ3) is 6.66. The van der Waals surface area contributed by atoms with Gasteiger partial charge in [0.2, 0.25) is 10.0 Å². The molecule has 0 aliphatic carbocycles. The Morgan fingerprint density at radius 1 is 1.13 bits per heavy atom. The molecule has 0 atom stereocenters. The molecule has 0 unspecified atom stereocenters. The Bertz CT molecular complexity index is 1050. The molecule has 1 saturated heterocycles. The van der Waals surface area contributed by atoms with Gasteiger partial charge in [-0.15, -0.1) is 6.42 Å². The van der Waals surface area contributed by atoms with Gasteiger partial charge in [-0.05, 0) is 61.2 Å². The summed E-state index contributed by atoms with van der Waals surface area (Å²) in [6.07, 6.45) is 7.59. The van der Waals surface area contributed by atoms with Gasteiger partial charge in [-0.3, -0.25) is 9.69 Å². The average Bonchev–Trinajstić information content (AvgIpc) is 2.78. The van der Waals surface area contributed by atoms with Crippen LogP contribution in [0.25, 0.3) is 0 Å². The van der Waals surface area contributed by atoms with Crippen LogP contribution in [0.2, 0.25) is 0 Å². The van der Waals surface area contributed by atoms with Gasteiger partial charge in [0.15, 0.2) is 0 Å². The summed E-state index contributed by atoms with van der Waals surface area (Å²) in [4.78, 5) is 15.1. The zero-order chi connectivity index (χ0) is 22.3. The molecule has 1 aliphatic heterocycles. The molecule has 7 heteroatoms. The number of rotatable bonds is 8. The molecule has 0 spiro atoms. The number of nitrogens with zero attached hydrogens (tertiary/aromatic N) is 1. The lowest BCUT2D eigenvalue weighted by atomic mass is 9.98. The van der Waals surface area contributed by atoms with Crippen LogP contribution in [0, 0.1) is 18.3 Å². The molecule has 0 bridgehead atoms. The van der Waals surface area contributed by atoms with Crippen molar-refractivity contribution in [3.05, 3.63) is 65.2 Å². The van der Waals surface area contributed by atoms with E-state index in [4.69, 9.17) is 6.42 Å². The standard InChI is InChI=1S/C24H29N3O3S/c1-3-12-26-31(29,30)23-9-5-8-22(16-23)24(28)25-17-20-6-4-7-21(15-20)18-27-13-10-19(2)11-14-27/h1,4-9,15-16,19,26H,10-14,17-18H2,2H3,(H,25,28). The minimum absolute atomic E-state index is 0.00764. The molecule has 1 aliphatic rings. The molecule has 1 fully saturated rings. The van der Waals surface area contributed by atoms with Crippen LogP contribution in [-0.4, -0.2) is 38.9 Å². The van der Waals surface area contributed by atoms with E-state index in [2.05, 4.69) is 39.9 Å². The molecule has 1 amide bonds. The highest BCUT2D eigenvalue weighted by Gasteiger charge is 2.17. The van der Waals surface area contributed by atoms with E-state index in [1.54, 1.807) is 12.1 Å². The third-order valence-electron chi connectivity index (χ3n) is 5.50. The molecular formula is C24H29N3O3S. The lowest BCUT2D eigenvalue weighted by molar-refractivity contribution is 0.0950. The summed E-state index contributed by atoms with van der Waals surface area (Å²) in [5, 5.41) is 2.87. The maximum absolute atomic E-state index is 12.6. The lowest BCUT2D eigenvalue weighted by Gasteiger charge is -2.30. The number of benzene rings is 2. The highest BCUT2D eigenvalue weighted by atomic mass is 32.2. The number of likely N-dealkylation sites (tertiary alicyclic amines) is 1. The van der Waals surface area contributed by atoms with Crippen molar-refractivity contribution in [1.29, 1.82) is 0 Å². The van der Waals surface area contributed by atoms with Crippen LogP contribution >= 0.6 is 0 Å². The number of terminal acetylenes is 1. The maximum Gasteiger partial charge on any atom is 0.251 e. The van der Waals surface area contributed by atoms with Gasteiger partial charge in [0.1, 0.15) is 0 Å². The second-order valence-corrected chi connectivity index (χ2v) is 9.78. The summed E-state index contributed by atoms with van der Waals surface area (Å²) < 4.78 is 26.7. The molecule has 2 aromatic carbocycles. The van der Waals surface area contributed by atoms with Crippen molar-refractivity contribution in [2.24, 2.45) is 5.92 Å². The van der Waals surface area contributed by atoms with E-state index < -0.39 is 10.0 Å². The summed E-state index contributed by atoms with van der Waals surface area (Å²) in [6, 6.07) is 14.1. The van der Waals surface area contributed by atoms with Crippen molar-refractivity contribution in [2.45, 2.75) is 37.8 Å². The van der Waals surface area contributed by atoms with E-state index in [9.17, 15) is 13.2 Å². The summed E-state index contributed by atoms with van der Waals surface area (Å²) in [5.74, 6) is 2.70. The Hall–Kier alpha value is -2.66. The molecule has 31 heavy (non-hydrogen) atoms. The van der Waals surface area contributed by atoms with Gasteiger partial charge in [0, 0.05) is 18.7 Å². The largest absolute Gasteiger partial charge is 0.348 e. The van der Waals surface area contributed by atoms with E-state index in [1.807, 2.05) is 12.1 Å². The van der Waals surface area contributed by atoms with Gasteiger partial charge in [-0.25, -0.2) is 8.42 Å². The smallest absolute Gasteiger partial charge is 0.251 e. The van der Waals surface area contributed by atoms with Crippen LogP contribution in [0.3, 0.4) is 0 Å². The van der Waals surface area contributed by atoms with Gasteiger partial charge in [-0.1, -0.05) is 43.2 Å². The van der Waals surface area contributed by atoms with Gasteiger partial charge in [0.05, 0.1) is 11.4 Å². The Balaban J connectivity index is 1.60. The van der Waals surface area contributed by atoms with Gasteiger partial charge < -0.3 is 5.32 Å². The quantitative estimate of drug-likeness (QED) is 0.620. The van der Waals surface area contributed by atoms with Crippen LogP contribution in [0.15, 0.2) is 53.4 Å². The molecule has 0 aromatic heterocycles. The average molecular weight is 440 g/mol. The maximum atomic E-state index is 12.6. The van der Waals surface area contributed by atoms with Crippen LogP contribution in [0.4, 0.5) is 0 Å². The van der Waals surface area contributed by atoms with Gasteiger partial charge in [0.25, 0.3) is 5.91 Å². The Morgan fingerprint density at radius 2 is 1.84 bits per heavy atom. The van der Waals surface area contributed by atoms with Crippen molar-refractivity contribution < 1.29 is 13.2 Å². The number of carbonyl (C=O) groups is 1. The molecule has 1 heterocycles. The molecular weight excluding hydrogens is 410 g/mol. The fourth-order valence-corrected chi connectivity index (χ4v) is 4.61. The molecule has 6 nitrogen and oxygen atoms in total. The van der Waals surface area contributed by atoms with Crippen molar-refractivity contribution in [2.75, 3.05) is 19.6 Å². The van der Waals surface area contributed by atoms with E-state index in [-0.39, 0.29) is 22.9 Å². The summed E-state index contributed by atoms with van der Waals surface area (Å²) in [6.45, 7) is 5.73. The van der Waals surface area contributed by atoms with Crippen molar-refractivity contribution >= 4 is 15.9 Å². The molecule has 164 valence electrons. The fraction of sp³-hybridized carbons (Fsp3) is 0.375.